The Morgan fingerprint density at radius 1 is 1.29 bits per heavy atom. The molecule has 1 unspecified atom stereocenters. The van der Waals surface area contributed by atoms with Crippen LogP contribution in [0, 0.1) is 5.92 Å². The number of nitrogens with zero attached hydrogens (tertiary/aromatic N) is 4. The van der Waals surface area contributed by atoms with E-state index in [1.165, 1.54) is 0 Å². The largest absolute Gasteiger partial charge is 0.493 e. The molecule has 0 aliphatic carbocycles. The van der Waals surface area contributed by atoms with Crippen LogP contribution in [-0.4, -0.2) is 80.3 Å². The van der Waals surface area contributed by atoms with E-state index in [0.717, 1.165) is 37.9 Å². The maximum absolute atomic E-state index is 12.5. The van der Waals surface area contributed by atoms with Gasteiger partial charge in [0.05, 0.1) is 26.7 Å². The third kappa shape index (κ3) is 6.41. The highest BCUT2D eigenvalue weighted by Crippen LogP contribution is 2.31. The van der Waals surface area contributed by atoms with E-state index in [0.29, 0.717) is 42.8 Å². The number of carbonyl (C=O) groups excluding carboxylic acids is 1. The first-order valence-corrected chi connectivity index (χ1v) is 10.7. The first-order chi connectivity index (χ1) is 15.0. The molecule has 2 heterocycles. The summed E-state index contributed by atoms with van der Waals surface area (Å²) in [5.41, 5.74) is 0.793. The average Bonchev–Trinajstić information content (AvgIpc) is 3.24. The van der Waals surface area contributed by atoms with Gasteiger partial charge in [0.2, 0.25) is 17.6 Å². The second-order valence-electron chi connectivity index (χ2n) is 8.10. The number of aromatic nitrogens is 2. The fraction of sp³-hybridized carbons (Fsp3) is 0.591. The van der Waals surface area contributed by atoms with E-state index < -0.39 is 0 Å². The molecule has 1 aromatic carbocycles. The second kappa shape index (κ2) is 11.1. The Balaban J connectivity index is 1.55. The van der Waals surface area contributed by atoms with Crippen LogP contribution in [0.4, 0.5) is 0 Å². The fourth-order valence-electron chi connectivity index (χ4n) is 3.77. The van der Waals surface area contributed by atoms with Crippen LogP contribution in [-0.2, 0) is 11.3 Å². The topological polar surface area (TPSA) is 93.0 Å². The third-order valence-corrected chi connectivity index (χ3v) is 5.43. The van der Waals surface area contributed by atoms with E-state index in [1.807, 2.05) is 32.3 Å². The van der Waals surface area contributed by atoms with Crippen LogP contribution in [0.1, 0.15) is 25.2 Å². The van der Waals surface area contributed by atoms with Gasteiger partial charge in [0.25, 0.3) is 0 Å². The minimum absolute atomic E-state index is 0.00125. The number of carbonyl (C=O) groups is 1. The van der Waals surface area contributed by atoms with Crippen molar-refractivity contribution in [3.63, 3.8) is 0 Å². The number of likely N-dealkylation sites (tertiary alicyclic amines) is 1. The molecule has 1 amide bonds. The molecule has 1 aliphatic rings. The Kier molecular flexibility index (Phi) is 8.25. The third-order valence-electron chi connectivity index (χ3n) is 5.43. The molecule has 1 aromatic heterocycles. The predicted molar refractivity (Wildman–Crippen MR) is 117 cm³/mol. The van der Waals surface area contributed by atoms with Crippen molar-refractivity contribution in [1.82, 2.24) is 25.3 Å². The zero-order valence-electron chi connectivity index (χ0n) is 18.9. The maximum Gasteiger partial charge on any atom is 0.241 e. The molecule has 3 rings (SSSR count). The first kappa shape index (κ1) is 23.0. The van der Waals surface area contributed by atoms with Gasteiger partial charge in [0.1, 0.15) is 0 Å². The van der Waals surface area contributed by atoms with Crippen LogP contribution in [0.25, 0.3) is 11.4 Å². The lowest BCUT2D eigenvalue weighted by Gasteiger charge is -2.30. The van der Waals surface area contributed by atoms with Crippen molar-refractivity contribution >= 4 is 5.91 Å². The molecule has 9 nitrogen and oxygen atoms in total. The predicted octanol–water partition coefficient (Wildman–Crippen LogP) is 2.03. The van der Waals surface area contributed by atoms with E-state index in [2.05, 4.69) is 25.3 Å². The Morgan fingerprint density at radius 3 is 2.84 bits per heavy atom. The van der Waals surface area contributed by atoms with E-state index >= 15 is 0 Å². The van der Waals surface area contributed by atoms with Crippen LogP contribution in [0.15, 0.2) is 22.7 Å². The molecule has 0 saturated carbocycles. The summed E-state index contributed by atoms with van der Waals surface area (Å²) in [5.74, 6) is 2.44. The first-order valence-electron chi connectivity index (χ1n) is 10.7. The van der Waals surface area contributed by atoms with Crippen molar-refractivity contribution in [1.29, 1.82) is 0 Å². The molecule has 1 atom stereocenters. The van der Waals surface area contributed by atoms with Crippen LogP contribution in [0.5, 0.6) is 11.5 Å². The number of ether oxygens (including phenoxy) is 2. The second-order valence-corrected chi connectivity index (χ2v) is 8.10. The molecule has 0 spiro atoms. The van der Waals surface area contributed by atoms with Gasteiger partial charge in [-0.15, -0.1) is 0 Å². The van der Waals surface area contributed by atoms with Crippen molar-refractivity contribution < 1.29 is 18.8 Å². The molecule has 1 saturated heterocycles. The van der Waals surface area contributed by atoms with Crippen LogP contribution >= 0.6 is 0 Å². The van der Waals surface area contributed by atoms with Crippen LogP contribution < -0.4 is 14.8 Å². The van der Waals surface area contributed by atoms with Crippen LogP contribution in [0.2, 0.25) is 0 Å². The smallest absolute Gasteiger partial charge is 0.241 e. The zero-order valence-corrected chi connectivity index (χ0v) is 18.9. The summed E-state index contributed by atoms with van der Waals surface area (Å²) in [6.45, 7) is 3.83. The summed E-state index contributed by atoms with van der Waals surface area (Å²) in [5, 5.41) is 7.18. The van der Waals surface area contributed by atoms with Gasteiger partial charge in [0, 0.05) is 18.7 Å². The van der Waals surface area contributed by atoms with Crippen molar-refractivity contribution in [3.05, 3.63) is 24.1 Å². The fourth-order valence-corrected chi connectivity index (χ4v) is 3.77. The molecular weight excluding hydrogens is 398 g/mol. The van der Waals surface area contributed by atoms with Gasteiger partial charge in [-0.3, -0.25) is 9.69 Å². The summed E-state index contributed by atoms with van der Waals surface area (Å²) in [4.78, 5) is 21.4. The number of rotatable bonds is 10. The number of amides is 1. The Morgan fingerprint density at radius 2 is 2.10 bits per heavy atom. The summed E-state index contributed by atoms with van der Waals surface area (Å²) in [6.07, 6.45) is 2.85. The van der Waals surface area contributed by atoms with Gasteiger partial charge in [-0.2, -0.15) is 4.98 Å². The van der Waals surface area contributed by atoms with Crippen molar-refractivity contribution in [2.75, 3.05) is 54.5 Å². The number of hydrogen-bond donors (Lipinski definition) is 1. The highest BCUT2D eigenvalue weighted by atomic mass is 16.5. The normalized spacial score (nSPS) is 17.0. The van der Waals surface area contributed by atoms with Gasteiger partial charge >= 0.3 is 0 Å². The van der Waals surface area contributed by atoms with Crippen LogP contribution in [0.3, 0.4) is 0 Å². The van der Waals surface area contributed by atoms with Gasteiger partial charge in [0.15, 0.2) is 11.5 Å². The Labute approximate surface area is 183 Å². The number of methoxy groups -OCH3 is 2. The van der Waals surface area contributed by atoms with Gasteiger partial charge in [-0.1, -0.05) is 5.16 Å². The lowest BCUT2D eigenvalue weighted by Crippen LogP contribution is -2.43. The summed E-state index contributed by atoms with van der Waals surface area (Å²) in [7, 11) is 7.26. The summed E-state index contributed by atoms with van der Waals surface area (Å²) in [6, 6.07) is 5.51. The lowest BCUT2D eigenvalue weighted by molar-refractivity contribution is -0.126. The highest BCUT2D eigenvalue weighted by Gasteiger charge is 2.26. The van der Waals surface area contributed by atoms with Crippen molar-refractivity contribution in [2.45, 2.75) is 25.8 Å². The van der Waals surface area contributed by atoms with Gasteiger partial charge < -0.3 is 24.2 Å². The quantitative estimate of drug-likeness (QED) is 0.571. The standard InChI is InChI=1S/C22H33N5O4/c1-26(2)11-6-10-23-22(28)17-7-5-12-27(14-17)15-20-24-21(25-31-20)16-8-9-18(29-3)19(13-16)30-4/h8-9,13,17H,5-7,10-12,14-15H2,1-4H3,(H,23,28). The molecule has 0 radical (unpaired) electrons. The SMILES string of the molecule is COc1ccc(-c2noc(CN3CCCC(C(=O)NCCCN(C)C)C3)n2)cc1OC. The van der Waals surface area contributed by atoms with Crippen molar-refractivity contribution in [2.24, 2.45) is 5.92 Å². The molecule has 9 heteroatoms. The molecular formula is C22H33N5O4. The number of hydrogen-bond acceptors (Lipinski definition) is 8. The molecule has 2 aromatic rings. The highest BCUT2D eigenvalue weighted by molar-refractivity contribution is 5.78. The summed E-state index contributed by atoms with van der Waals surface area (Å²) < 4.78 is 16.1. The number of piperidine rings is 1. The average molecular weight is 432 g/mol. The molecule has 170 valence electrons. The molecule has 31 heavy (non-hydrogen) atoms. The van der Waals surface area contributed by atoms with Gasteiger partial charge in [-0.05, 0) is 64.6 Å². The molecule has 1 fully saturated rings. The van der Waals surface area contributed by atoms with Crippen molar-refractivity contribution in [3.8, 4) is 22.9 Å². The minimum atomic E-state index is 0.00125. The molecule has 1 N–H and O–H groups in total. The monoisotopic (exact) mass is 431 g/mol. The lowest BCUT2D eigenvalue weighted by atomic mass is 9.97. The Hall–Kier alpha value is -2.65. The zero-order chi connectivity index (χ0) is 22.2. The number of benzene rings is 1. The van der Waals surface area contributed by atoms with E-state index in [1.54, 1.807) is 14.2 Å². The van der Waals surface area contributed by atoms with E-state index in [4.69, 9.17) is 14.0 Å². The van der Waals surface area contributed by atoms with E-state index in [-0.39, 0.29) is 11.8 Å². The minimum Gasteiger partial charge on any atom is -0.493 e. The summed E-state index contributed by atoms with van der Waals surface area (Å²) >= 11 is 0. The Bertz CT molecular complexity index is 854. The molecule has 0 bridgehead atoms. The maximum atomic E-state index is 12.5. The van der Waals surface area contributed by atoms with E-state index in [9.17, 15) is 4.79 Å². The van der Waals surface area contributed by atoms with Gasteiger partial charge in [-0.25, -0.2) is 0 Å². The number of nitrogens with one attached hydrogen (secondary N) is 1. The molecule has 1 aliphatic heterocycles.